The maximum atomic E-state index is 12.3. The van der Waals surface area contributed by atoms with Gasteiger partial charge in [-0.3, -0.25) is 10.1 Å². The van der Waals surface area contributed by atoms with Crippen LogP contribution >= 0.6 is 0 Å². The summed E-state index contributed by atoms with van der Waals surface area (Å²) in [6.07, 6.45) is -1.15. The van der Waals surface area contributed by atoms with Gasteiger partial charge in [0.05, 0.1) is 12.2 Å². The van der Waals surface area contributed by atoms with Crippen LogP contribution < -0.4 is 16.0 Å². The second-order valence-electron chi connectivity index (χ2n) is 6.44. The second kappa shape index (κ2) is 9.03. The fourth-order valence-corrected chi connectivity index (χ4v) is 1.87. The maximum Gasteiger partial charge on any atom is 0.341 e. The fraction of sp³-hybridized carbons (Fsp3) is 0.471. The van der Waals surface area contributed by atoms with E-state index in [4.69, 9.17) is 9.84 Å². The Kier molecular flexibility index (Phi) is 7.38. The molecule has 3 amide bonds. The van der Waals surface area contributed by atoms with Crippen molar-refractivity contribution >= 4 is 23.6 Å². The van der Waals surface area contributed by atoms with E-state index >= 15 is 0 Å². The number of para-hydroxylation sites is 1. The lowest BCUT2D eigenvalue weighted by atomic mass is 10.1. The monoisotopic (exact) mass is 351 g/mol. The van der Waals surface area contributed by atoms with Crippen molar-refractivity contribution in [1.29, 1.82) is 0 Å². The highest BCUT2D eigenvalue weighted by Crippen LogP contribution is 2.16. The number of ether oxygens (including phenoxy) is 1. The number of carbonyl (C=O) groups is 3. The molecule has 0 aliphatic rings. The van der Waals surface area contributed by atoms with E-state index in [0.29, 0.717) is 5.69 Å². The van der Waals surface area contributed by atoms with Crippen molar-refractivity contribution in [3.05, 3.63) is 29.8 Å². The molecule has 0 spiro atoms. The molecule has 0 aromatic heterocycles. The lowest BCUT2D eigenvalue weighted by Gasteiger charge is -2.21. The van der Waals surface area contributed by atoms with Gasteiger partial charge in [0, 0.05) is 17.8 Å². The largest absolute Gasteiger partial charge is 0.449 e. The summed E-state index contributed by atoms with van der Waals surface area (Å²) >= 11 is 0. The number of imide groups is 1. The molecule has 8 heteroatoms. The minimum Gasteiger partial charge on any atom is -0.449 e. The lowest BCUT2D eigenvalue weighted by Crippen LogP contribution is -2.50. The normalized spacial score (nSPS) is 12.0. The van der Waals surface area contributed by atoms with E-state index in [1.165, 1.54) is 6.92 Å². The standard InChI is InChI=1S/C17H25N3O5/c1-11(14(22)19-16(24)20-17(2,3)4)25-15(23)12-7-5-6-8-13(12)18-9-10-21/h5-8,11,18,21H,9-10H2,1-4H3,(H2,19,20,22,24)/t11-/m0/s1. The van der Waals surface area contributed by atoms with Gasteiger partial charge in [0.15, 0.2) is 6.10 Å². The van der Waals surface area contributed by atoms with Crippen molar-refractivity contribution in [2.24, 2.45) is 0 Å². The van der Waals surface area contributed by atoms with E-state index in [9.17, 15) is 14.4 Å². The number of aliphatic hydroxyl groups excluding tert-OH is 1. The number of hydrogen-bond acceptors (Lipinski definition) is 6. The van der Waals surface area contributed by atoms with Crippen LogP contribution in [0.2, 0.25) is 0 Å². The van der Waals surface area contributed by atoms with Gasteiger partial charge in [-0.2, -0.15) is 0 Å². The first-order valence-electron chi connectivity index (χ1n) is 7.92. The molecule has 0 aliphatic heterocycles. The van der Waals surface area contributed by atoms with E-state index in [-0.39, 0.29) is 18.7 Å². The summed E-state index contributed by atoms with van der Waals surface area (Å²) in [5, 5.41) is 16.5. The number of rotatable bonds is 6. The zero-order chi connectivity index (χ0) is 19.0. The lowest BCUT2D eigenvalue weighted by molar-refractivity contribution is -0.127. The number of anilines is 1. The summed E-state index contributed by atoms with van der Waals surface area (Å²) in [6.45, 7) is 6.88. The molecule has 4 N–H and O–H groups in total. The van der Waals surface area contributed by atoms with Gasteiger partial charge in [-0.1, -0.05) is 12.1 Å². The Morgan fingerprint density at radius 2 is 1.84 bits per heavy atom. The molecule has 8 nitrogen and oxygen atoms in total. The molecule has 138 valence electrons. The highest BCUT2D eigenvalue weighted by molar-refractivity contribution is 6.00. The predicted octanol–water partition coefficient (Wildman–Crippen LogP) is 1.26. The summed E-state index contributed by atoms with van der Waals surface area (Å²) in [5.74, 6) is -1.43. The third-order valence-electron chi connectivity index (χ3n) is 2.95. The molecule has 1 aromatic rings. The first kappa shape index (κ1) is 20.4. The number of aliphatic hydroxyl groups is 1. The fourth-order valence-electron chi connectivity index (χ4n) is 1.87. The highest BCUT2D eigenvalue weighted by atomic mass is 16.5. The van der Waals surface area contributed by atoms with Crippen LogP contribution in [0.3, 0.4) is 0 Å². The Balaban J connectivity index is 2.67. The van der Waals surface area contributed by atoms with Crippen LogP contribution in [0.5, 0.6) is 0 Å². The zero-order valence-electron chi connectivity index (χ0n) is 14.9. The third-order valence-corrected chi connectivity index (χ3v) is 2.95. The van der Waals surface area contributed by atoms with Crippen LogP contribution in [0.4, 0.5) is 10.5 Å². The molecular weight excluding hydrogens is 326 g/mol. The number of esters is 1. The minimum atomic E-state index is -1.15. The molecule has 1 atom stereocenters. The van der Waals surface area contributed by atoms with Gasteiger partial charge in [-0.15, -0.1) is 0 Å². The van der Waals surface area contributed by atoms with Crippen LogP contribution in [0.15, 0.2) is 24.3 Å². The molecule has 25 heavy (non-hydrogen) atoms. The van der Waals surface area contributed by atoms with Crippen LogP contribution in [-0.2, 0) is 9.53 Å². The maximum absolute atomic E-state index is 12.3. The van der Waals surface area contributed by atoms with Crippen molar-refractivity contribution in [1.82, 2.24) is 10.6 Å². The van der Waals surface area contributed by atoms with E-state index < -0.39 is 29.6 Å². The molecule has 1 rings (SSSR count). The van der Waals surface area contributed by atoms with Gasteiger partial charge in [-0.25, -0.2) is 9.59 Å². The molecule has 0 aliphatic carbocycles. The zero-order valence-corrected chi connectivity index (χ0v) is 14.9. The summed E-state index contributed by atoms with van der Waals surface area (Å²) in [4.78, 5) is 35.9. The predicted molar refractivity (Wildman–Crippen MR) is 93.3 cm³/mol. The number of carbonyl (C=O) groups excluding carboxylic acids is 3. The van der Waals surface area contributed by atoms with Crippen LogP contribution in [0.1, 0.15) is 38.1 Å². The van der Waals surface area contributed by atoms with Gasteiger partial charge >= 0.3 is 12.0 Å². The Morgan fingerprint density at radius 3 is 2.44 bits per heavy atom. The Bertz CT molecular complexity index is 625. The van der Waals surface area contributed by atoms with Gasteiger partial charge < -0.3 is 20.5 Å². The molecule has 0 saturated carbocycles. The van der Waals surface area contributed by atoms with Crippen LogP contribution in [0.25, 0.3) is 0 Å². The van der Waals surface area contributed by atoms with Gasteiger partial charge in [0.2, 0.25) is 0 Å². The SMILES string of the molecule is C[C@H](OC(=O)c1ccccc1NCCO)C(=O)NC(=O)NC(C)(C)C. The molecule has 0 unspecified atom stereocenters. The van der Waals surface area contributed by atoms with Gasteiger partial charge in [-0.05, 0) is 39.8 Å². The minimum absolute atomic E-state index is 0.0922. The highest BCUT2D eigenvalue weighted by Gasteiger charge is 2.23. The number of hydrogen-bond donors (Lipinski definition) is 4. The average molecular weight is 351 g/mol. The Labute approximate surface area is 146 Å². The third kappa shape index (κ3) is 7.21. The summed E-state index contributed by atoms with van der Waals surface area (Å²) < 4.78 is 5.12. The van der Waals surface area contributed by atoms with Crippen molar-refractivity contribution in [2.75, 3.05) is 18.5 Å². The first-order chi connectivity index (χ1) is 11.6. The van der Waals surface area contributed by atoms with E-state index in [1.54, 1.807) is 45.0 Å². The molecule has 1 aromatic carbocycles. The van der Waals surface area contributed by atoms with Gasteiger partial charge in [0.1, 0.15) is 0 Å². The Hall–Kier alpha value is -2.61. The van der Waals surface area contributed by atoms with Crippen LogP contribution in [0, 0.1) is 0 Å². The molecule has 0 saturated heterocycles. The number of amides is 3. The second-order valence-corrected chi connectivity index (χ2v) is 6.44. The summed E-state index contributed by atoms with van der Waals surface area (Å²) in [7, 11) is 0. The first-order valence-corrected chi connectivity index (χ1v) is 7.92. The average Bonchev–Trinajstić information content (AvgIpc) is 2.51. The van der Waals surface area contributed by atoms with E-state index in [1.807, 2.05) is 0 Å². The van der Waals surface area contributed by atoms with E-state index in [0.717, 1.165) is 0 Å². The number of urea groups is 1. The van der Waals surface area contributed by atoms with Gasteiger partial charge in [0.25, 0.3) is 5.91 Å². The summed E-state index contributed by atoms with van der Waals surface area (Å²) in [5.41, 5.74) is 0.219. The van der Waals surface area contributed by atoms with Crippen molar-refractivity contribution in [3.63, 3.8) is 0 Å². The molecular formula is C17H25N3O5. The quantitative estimate of drug-likeness (QED) is 0.573. The number of benzene rings is 1. The number of nitrogens with one attached hydrogen (secondary N) is 3. The molecule has 0 heterocycles. The van der Waals surface area contributed by atoms with Crippen molar-refractivity contribution < 1.29 is 24.2 Å². The van der Waals surface area contributed by atoms with Crippen LogP contribution in [-0.4, -0.2) is 47.8 Å². The molecule has 0 fully saturated rings. The molecule has 0 radical (unpaired) electrons. The summed E-state index contributed by atoms with van der Waals surface area (Å²) in [6, 6.07) is 5.92. The Morgan fingerprint density at radius 1 is 1.20 bits per heavy atom. The smallest absolute Gasteiger partial charge is 0.341 e. The van der Waals surface area contributed by atoms with Crippen molar-refractivity contribution in [2.45, 2.75) is 39.3 Å². The molecule has 0 bridgehead atoms. The topological polar surface area (TPSA) is 117 Å². The van der Waals surface area contributed by atoms with E-state index in [2.05, 4.69) is 16.0 Å². The van der Waals surface area contributed by atoms with Crippen molar-refractivity contribution in [3.8, 4) is 0 Å².